The second-order valence-corrected chi connectivity index (χ2v) is 8.86. The molecule has 2 aromatic carbocycles. The zero-order valence-corrected chi connectivity index (χ0v) is 18.5. The molecule has 6 heteroatoms. The molecule has 0 saturated carbocycles. The van der Waals surface area contributed by atoms with Crippen LogP contribution in [0.15, 0.2) is 48.5 Å². The van der Waals surface area contributed by atoms with Gasteiger partial charge >= 0.3 is 0 Å². The number of rotatable bonds is 6. The summed E-state index contributed by atoms with van der Waals surface area (Å²) >= 11 is 6.21. The molecule has 2 heterocycles. The number of hydrogen-bond acceptors (Lipinski definition) is 3. The maximum Gasteiger partial charge on any atom is 0.253 e. The van der Waals surface area contributed by atoms with Crippen LogP contribution in [-0.2, 0) is 11.2 Å². The Hall–Kier alpha value is -2.53. The molecule has 4 rings (SSSR count). The summed E-state index contributed by atoms with van der Waals surface area (Å²) in [4.78, 5) is 29.0. The van der Waals surface area contributed by atoms with Gasteiger partial charge in [-0.1, -0.05) is 29.8 Å². The number of ether oxygens (including phenoxy) is 1. The molecule has 2 fully saturated rings. The average Bonchev–Trinajstić information content (AvgIpc) is 3.34. The minimum atomic E-state index is 0.101. The highest BCUT2D eigenvalue weighted by atomic mass is 35.5. The van der Waals surface area contributed by atoms with E-state index in [-0.39, 0.29) is 11.8 Å². The van der Waals surface area contributed by atoms with Crippen molar-refractivity contribution < 1.29 is 14.3 Å². The number of benzene rings is 2. The molecule has 5 nitrogen and oxygen atoms in total. The summed E-state index contributed by atoms with van der Waals surface area (Å²) in [5, 5.41) is 0.638. The normalized spacial score (nSPS) is 18.8. The van der Waals surface area contributed by atoms with Gasteiger partial charge in [0.05, 0.1) is 13.0 Å². The highest BCUT2D eigenvalue weighted by Crippen LogP contribution is 2.22. The van der Waals surface area contributed by atoms with Crippen LogP contribution in [0.3, 0.4) is 0 Å². The Morgan fingerprint density at radius 1 is 0.935 bits per heavy atom. The maximum absolute atomic E-state index is 12.7. The standard InChI is InChI=1S/C25H29ClN2O3/c26-23-8-2-1-7-21(23)16-24(29)28-15-5-6-19(17-28)18-31-22-11-9-20(10-12-22)25(30)27-13-3-4-14-27/h1-2,7-12,19H,3-6,13-18H2. The molecule has 31 heavy (non-hydrogen) atoms. The lowest BCUT2D eigenvalue weighted by Gasteiger charge is -2.33. The van der Waals surface area contributed by atoms with Gasteiger partial charge in [0, 0.05) is 42.7 Å². The van der Waals surface area contributed by atoms with Crippen molar-refractivity contribution in [2.75, 3.05) is 32.8 Å². The number of amides is 2. The molecule has 2 saturated heterocycles. The summed E-state index contributed by atoms with van der Waals surface area (Å²) in [6.45, 7) is 3.76. The number of likely N-dealkylation sites (tertiary alicyclic amines) is 2. The van der Waals surface area contributed by atoms with E-state index in [1.54, 1.807) is 0 Å². The summed E-state index contributed by atoms with van der Waals surface area (Å²) in [6.07, 6.45) is 4.53. The summed E-state index contributed by atoms with van der Waals surface area (Å²) in [6, 6.07) is 14.9. The van der Waals surface area contributed by atoms with E-state index in [1.165, 1.54) is 0 Å². The number of hydrogen-bond donors (Lipinski definition) is 0. The fourth-order valence-corrected chi connectivity index (χ4v) is 4.56. The highest BCUT2D eigenvalue weighted by Gasteiger charge is 2.25. The van der Waals surface area contributed by atoms with E-state index in [2.05, 4.69) is 0 Å². The van der Waals surface area contributed by atoms with Gasteiger partial charge in [-0.05, 0) is 61.6 Å². The van der Waals surface area contributed by atoms with Gasteiger partial charge < -0.3 is 14.5 Å². The van der Waals surface area contributed by atoms with Crippen LogP contribution in [0.1, 0.15) is 41.6 Å². The largest absolute Gasteiger partial charge is 0.493 e. The monoisotopic (exact) mass is 440 g/mol. The number of carbonyl (C=O) groups excluding carboxylic acids is 2. The first-order chi connectivity index (χ1) is 15.1. The van der Waals surface area contributed by atoms with Gasteiger partial charge in [0.25, 0.3) is 5.91 Å². The van der Waals surface area contributed by atoms with E-state index in [4.69, 9.17) is 16.3 Å². The number of nitrogens with zero attached hydrogens (tertiary/aromatic N) is 2. The van der Waals surface area contributed by atoms with Crippen molar-refractivity contribution in [3.8, 4) is 5.75 Å². The fraction of sp³-hybridized carbons (Fsp3) is 0.440. The number of carbonyl (C=O) groups is 2. The zero-order chi connectivity index (χ0) is 21.6. The second-order valence-electron chi connectivity index (χ2n) is 8.45. The molecule has 0 bridgehead atoms. The average molecular weight is 441 g/mol. The van der Waals surface area contributed by atoms with Crippen LogP contribution in [0.25, 0.3) is 0 Å². The molecule has 164 valence electrons. The molecule has 2 aliphatic heterocycles. The van der Waals surface area contributed by atoms with Crippen LogP contribution in [-0.4, -0.2) is 54.4 Å². The van der Waals surface area contributed by atoms with Gasteiger partial charge in [-0.25, -0.2) is 0 Å². The van der Waals surface area contributed by atoms with E-state index in [0.717, 1.165) is 56.6 Å². The lowest BCUT2D eigenvalue weighted by atomic mass is 9.98. The van der Waals surface area contributed by atoms with Gasteiger partial charge in [-0.15, -0.1) is 0 Å². The molecule has 1 unspecified atom stereocenters. The molecule has 0 aromatic heterocycles. The van der Waals surface area contributed by atoms with Crippen molar-refractivity contribution in [2.24, 2.45) is 5.92 Å². The van der Waals surface area contributed by atoms with Crippen LogP contribution in [0, 0.1) is 5.92 Å². The third-order valence-corrected chi connectivity index (χ3v) is 6.52. The van der Waals surface area contributed by atoms with Crippen molar-refractivity contribution >= 4 is 23.4 Å². The molecular formula is C25H29ClN2O3. The van der Waals surface area contributed by atoms with Crippen LogP contribution in [0.5, 0.6) is 5.75 Å². The first-order valence-corrected chi connectivity index (χ1v) is 11.5. The first-order valence-electron chi connectivity index (χ1n) is 11.1. The lowest BCUT2D eigenvalue weighted by molar-refractivity contribution is -0.132. The van der Waals surface area contributed by atoms with E-state index < -0.39 is 0 Å². The van der Waals surface area contributed by atoms with Gasteiger partial charge in [-0.3, -0.25) is 9.59 Å². The van der Waals surface area contributed by atoms with E-state index in [1.807, 2.05) is 58.3 Å². The molecule has 2 amide bonds. The lowest BCUT2D eigenvalue weighted by Crippen LogP contribution is -2.42. The van der Waals surface area contributed by atoms with Crippen molar-refractivity contribution in [1.29, 1.82) is 0 Å². The van der Waals surface area contributed by atoms with Crippen LogP contribution in [0.2, 0.25) is 5.02 Å². The molecular weight excluding hydrogens is 412 g/mol. The summed E-state index contributed by atoms with van der Waals surface area (Å²) in [7, 11) is 0. The number of halogens is 1. The fourth-order valence-electron chi connectivity index (χ4n) is 4.35. The quantitative estimate of drug-likeness (QED) is 0.667. The van der Waals surface area contributed by atoms with Crippen molar-refractivity contribution in [3.05, 3.63) is 64.7 Å². The molecule has 0 radical (unpaired) electrons. The second kappa shape index (κ2) is 10.2. The zero-order valence-electron chi connectivity index (χ0n) is 17.8. The van der Waals surface area contributed by atoms with Gasteiger partial charge in [-0.2, -0.15) is 0 Å². The minimum Gasteiger partial charge on any atom is -0.493 e. The Kier molecular flexibility index (Phi) is 7.13. The molecule has 0 N–H and O–H groups in total. The van der Waals surface area contributed by atoms with Gasteiger partial charge in [0.15, 0.2) is 0 Å². The van der Waals surface area contributed by atoms with Crippen molar-refractivity contribution in [2.45, 2.75) is 32.1 Å². The predicted molar refractivity (Wildman–Crippen MR) is 122 cm³/mol. The Morgan fingerprint density at radius 2 is 1.65 bits per heavy atom. The van der Waals surface area contributed by atoms with Crippen LogP contribution >= 0.6 is 11.6 Å². The molecule has 2 aromatic rings. The summed E-state index contributed by atoms with van der Waals surface area (Å²) < 4.78 is 5.99. The maximum atomic E-state index is 12.7. The molecule has 0 spiro atoms. The van der Waals surface area contributed by atoms with E-state index in [0.29, 0.717) is 36.1 Å². The van der Waals surface area contributed by atoms with Gasteiger partial charge in [0.1, 0.15) is 5.75 Å². The Morgan fingerprint density at radius 3 is 2.39 bits per heavy atom. The van der Waals surface area contributed by atoms with E-state index >= 15 is 0 Å². The third kappa shape index (κ3) is 5.59. The molecule has 0 aliphatic carbocycles. The third-order valence-electron chi connectivity index (χ3n) is 6.15. The Bertz CT molecular complexity index is 909. The SMILES string of the molecule is O=C(Cc1ccccc1Cl)N1CCCC(COc2ccc(C(=O)N3CCCC3)cc2)C1. The molecule has 1 atom stereocenters. The van der Waals surface area contributed by atoms with E-state index in [9.17, 15) is 9.59 Å². The van der Waals surface area contributed by atoms with Crippen LogP contribution in [0.4, 0.5) is 0 Å². The highest BCUT2D eigenvalue weighted by molar-refractivity contribution is 6.31. The van der Waals surface area contributed by atoms with Crippen LogP contribution < -0.4 is 4.74 Å². The minimum absolute atomic E-state index is 0.101. The molecule has 2 aliphatic rings. The topological polar surface area (TPSA) is 49.9 Å². The summed E-state index contributed by atoms with van der Waals surface area (Å²) in [5.41, 5.74) is 1.58. The Labute approximate surface area is 188 Å². The summed E-state index contributed by atoms with van der Waals surface area (Å²) in [5.74, 6) is 1.28. The van der Waals surface area contributed by atoms with Gasteiger partial charge in [0.2, 0.25) is 5.91 Å². The number of piperidine rings is 1. The van der Waals surface area contributed by atoms with Crippen molar-refractivity contribution in [1.82, 2.24) is 9.80 Å². The predicted octanol–water partition coefficient (Wildman–Crippen LogP) is 4.44. The first kappa shape index (κ1) is 21.7. The Balaban J connectivity index is 1.27. The smallest absolute Gasteiger partial charge is 0.253 e. The van der Waals surface area contributed by atoms with Crippen molar-refractivity contribution in [3.63, 3.8) is 0 Å².